The minimum atomic E-state index is -0.0936. The SMILES string of the molecule is CC(C)C(N)CC(=O)NCCc1nnc2ccccn12. The van der Waals surface area contributed by atoms with Gasteiger partial charge < -0.3 is 11.1 Å². The van der Waals surface area contributed by atoms with Crippen LogP contribution in [-0.2, 0) is 11.2 Å². The van der Waals surface area contributed by atoms with E-state index in [0.29, 0.717) is 25.3 Å². The van der Waals surface area contributed by atoms with Gasteiger partial charge in [0.15, 0.2) is 5.65 Å². The minimum Gasteiger partial charge on any atom is -0.356 e. The molecule has 0 bridgehead atoms. The lowest BCUT2D eigenvalue weighted by molar-refractivity contribution is -0.121. The summed E-state index contributed by atoms with van der Waals surface area (Å²) >= 11 is 0. The predicted octanol–water partition coefficient (Wildman–Crippen LogP) is 0.761. The third-order valence-electron chi connectivity index (χ3n) is 3.33. The van der Waals surface area contributed by atoms with Crippen LogP contribution in [0.15, 0.2) is 24.4 Å². The van der Waals surface area contributed by atoms with E-state index in [0.717, 1.165) is 11.5 Å². The van der Waals surface area contributed by atoms with Crippen LogP contribution < -0.4 is 11.1 Å². The Morgan fingerprint density at radius 1 is 1.40 bits per heavy atom. The highest BCUT2D eigenvalue weighted by Crippen LogP contribution is 2.04. The summed E-state index contributed by atoms with van der Waals surface area (Å²) in [6.07, 6.45) is 2.92. The number of nitrogens with one attached hydrogen (secondary N) is 1. The largest absolute Gasteiger partial charge is 0.356 e. The molecule has 20 heavy (non-hydrogen) atoms. The maximum Gasteiger partial charge on any atom is 0.221 e. The summed E-state index contributed by atoms with van der Waals surface area (Å²) in [4.78, 5) is 11.7. The fourth-order valence-electron chi connectivity index (χ4n) is 1.90. The van der Waals surface area contributed by atoms with Gasteiger partial charge in [-0.2, -0.15) is 0 Å². The number of carbonyl (C=O) groups excluding carboxylic acids is 1. The molecule has 3 N–H and O–H groups in total. The van der Waals surface area contributed by atoms with Crippen molar-refractivity contribution in [1.29, 1.82) is 0 Å². The van der Waals surface area contributed by atoms with Gasteiger partial charge in [0, 0.05) is 31.6 Å². The molecule has 0 aromatic carbocycles. The molecule has 0 fully saturated rings. The van der Waals surface area contributed by atoms with Gasteiger partial charge in [-0.25, -0.2) is 0 Å². The van der Waals surface area contributed by atoms with E-state index >= 15 is 0 Å². The van der Waals surface area contributed by atoms with Crippen molar-refractivity contribution in [2.75, 3.05) is 6.54 Å². The molecule has 2 heterocycles. The third-order valence-corrected chi connectivity index (χ3v) is 3.33. The van der Waals surface area contributed by atoms with Crippen molar-refractivity contribution in [3.63, 3.8) is 0 Å². The molecular weight excluding hydrogens is 254 g/mol. The number of rotatable bonds is 6. The van der Waals surface area contributed by atoms with Gasteiger partial charge in [-0.15, -0.1) is 10.2 Å². The molecule has 0 saturated heterocycles. The van der Waals surface area contributed by atoms with E-state index < -0.39 is 0 Å². The van der Waals surface area contributed by atoms with Crippen LogP contribution in [0.3, 0.4) is 0 Å². The first-order valence-corrected chi connectivity index (χ1v) is 6.89. The summed E-state index contributed by atoms with van der Waals surface area (Å²) in [6, 6.07) is 5.66. The zero-order valence-corrected chi connectivity index (χ0v) is 11.9. The van der Waals surface area contributed by atoms with Crippen LogP contribution >= 0.6 is 0 Å². The molecule has 1 unspecified atom stereocenters. The molecule has 2 aromatic heterocycles. The van der Waals surface area contributed by atoms with Crippen molar-refractivity contribution in [2.45, 2.75) is 32.7 Å². The van der Waals surface area contributed by atoms with Crippen molar-refractivity contribution in [3.05, 3.63) is 30.2 Å². The maximum atomic E-state index is 11.7. The summed E-state index contributed by atoms with van der Waals surface area (Å²) in [7, 11) is 0. The second-order valence-corrected chi connectivity index (χ2v) is 5.26. The molecule has 1 atom stereocenters. The smallest absolute Gasteiger partial charge is 0.221 e. The van der Waals surface area contributed by atoms with Crippen LogP contribution in [0.4, 0.5) is 0 Å². The molecule has 2 aromatic rings. The lowest BCUT2D eigenvalue weighted by Gasteiger charge is -2.14. The van der Waals surface area contributed by atoms with Gasteiger partial charge in [0.1, 0.15) is 5.82 Å². The third kappa shape index (κ3) is 3.54. The quantitative estimate of drug-likeness (QED) is 0.815. The molecule has 1 amide bonds. The van der Waals surface area contributed by atoms with Crippen molar-refractivity contribution in [1.82, 2.24) is 19.9 Å². The first-order chi connectivity index (χ1) is 9.58. The summed E-state index contributed by atoms with van der Waals surface area (Å²) in [5.41, 5.74) is 6.69. The number of hydrogen-bond donors (Lipinski definition) is 2. The van der Waals surface area contributed by atoms with Gasteiger partial charge in [-0.1, -0.05) is 19.9 Å². The van der Waals surface area contributed by atoms with E-state index in [1.807, 2.05) is 42.6 Å². The standard InChI is InChI=1S/C14H21N5O/c1-10(2)11(15)9-14(20)16-7-6-13-18-17-12-5-3-4-8-19(12)13/h3-5,8,10-11H,6-7,9,15H2,1-2H3,(H,16,20). The van der Waals surface area contributed by atoms with Gasteiger partial charge in [-0.05, 0) is 18.1 Å². The van der Waals surface area contributed by atoms with Gasteiger partial charge in [0.25, 0.3) is 0 Å². The van der Waals surface area contributed by atoms with Crippen LogP contribution in [0.2, 0.25) is 0 Å². The highest BCUT2D eigenvalue weighted by molar-refractivity contribution is 5.76. The lowest BCUT2D eigenvalue weighted by Crippen LogP contribution is -2.35. The molecule has 0 aliphatic carbocycles. The molecule has 0 saturated carbocycles. The average Bonchev–Trinajstić information content (AvgIpc) is 2.82. The highest BCUT2D eigenvalue weighted by Gasteiger charge is 2.12. The maximum absolute atomic E-state index is 11.7. The van der Waals surface area contributed by atoms with Gasteiger partial charge in [-0.3, -0.25) is 9.20 Å². The molecule has 6 heteroatoms. The number of pyridine rings is 1. The van der Waals surface area contributed by atoms with E-state index in [1.54, 1.807) is 0 Å². The summed E-state index contributed by atoms with van der Waals surface area (Å²) < 4.78 is 1.92. The average molecular weight is 275 g/mol. The van der Waals surface area contributed by atoms with Crippen LogP contribution in [-0.4, -0.2) is 33.1 Å². The van der Waals surface area contributed by atoms with E-state index in [-0.39, 0.29) is 11.9 Å². The Kier molecular flexibility index (Phi) is 4.68. The molecule has 2 rings (SSSR count). The number of aromatic nitrogens is 3. The molecule has 6 nitrogen and oxygen atoms in total. The first kappa shape index (κ1) is 14.5. The second kappa shape index (κ2) is 6.47. The molecule has 0 spiro atoms. The molecule has 0 radical (unpaired) electrons. The summed E-state index contributed by atoms with van der Waals surface area (Å²) in [6.45, 7) is 4.57. The van der Waals surface area contributed by atoms with Gasteiger partial charge in [0.05, 0.1) is 0 Å². The zero-order chi connectivity index (χ0) is 14.5. The van der Waals surface area contributed by atoms with E-state index in [2.05, 4.69) is 15.5 Å². The topological polar surface area (TPSA) is 85.3 Å². The number of carbonyl (C=O) groups is 1. The normalized spacial score (nSPS) is 12.8. The Morgan fingerprint density at radius 3 is 2.95 bits per heavy atom. The molecule has 0 aliphatic rings. The first-order valence-electron chi connectivity index (χ1n) is 6.89. The Labute approximate surface area is 118 Å². The fraction of sp³-hybridized carbons (Fsp3) is 0.500. The Balaban J connectivity index is 1.83. The second-order valence-electron chi connectivity index (χ2n) is 5.26. The lowest BCUT2D eigenvalue weighted by atomic mass is 10.0. The van der Waals surface area contributed by atoms with E-state index in [1.165, 1.54) is 0 Å². The fourth-order valence-corrected chi connectivity index (χ4v) is 1.90. The number of nitrogens with zero attached hydrogens (tertiary/aromatic N) is 3. The molecule has 0 aliphatic heterocycles. The molecule has 108 valence electrons. The van der Waals surface area contributed by atoms with Crippen LogP contribution in [0.25, 0.3) is 5.65 Å². The monoisotopic (exact) mass is 275 g/mol. The molecular formula is C14H21N5O. The summed E-state index contributed by atoms with van der Waals surface area (Å²) in [5, 5.41) is 11.1. The highest BCUT2D eigenvalue weighted by atomic mass is 16.1. The Morgan fingerprint density at radius 2 is 2.20 bits per heavy atom. The van der Waals surface area contributed by atoms with Crippen molar-refractivity contribution in [3.8, 4) is 0 Å². The van der Waals surface area contributed by atoms with Crippen LogP contribution in [0, 0.1) is 5.92 Å². The predicted molar refractivity (Wildman–Crippen MR) is 77.1 cm³/mol. The van der Waals surface area contributed by atoms with Crippen LogP contribution in [0.5, 0.6) is 0 Å². The van der Waals surface area contributed by atoms with Gasteiger partial charge in [0.2, 0.25) is 5.91 Å². The minimum absolute atomic E-state index is 0.0139. The van der Waals surface area contributed by atoms with E-state index in [4.69, 9.17) is 5.73 Å². The zero-order valence-electron chi connectivity index (χ0n) is 11.9. The Hall–Kier alpha value is -1.95. The van der Waals surface area contributed by atoms with Gasteiger partial charge >= 0.3 is 0 Å². The number of fused-ring (bicyclic) bond motifs is 1. The van der Waals surface area contributed by atoms with Crippen LogP contribution in [0.1, 0.15) is 26.1 Å². The summed E-state index contributed by atoms with van der Waals surface area (Å²) in [5.74, 6) is 1.13. The van der Waals surface area contributed by atoms with Crippen molar-refractivity contribution in [2.24, 2.45) is 11.7 Å². The van der Waals surface area contributed by atoms with Crippen molar-refractivity contribution < 1.29 is 4.79 Å². The number of hydrogen-bond acceptors (Lipinski definition) is 4. The van der Waals surface area contributed by atoms with Crippen molar-refractivity contribution >= 4 is 11.6 Å². The van der Waals surface area contributed by atoms with E-state index in [9.17, 15) is 4.79 Å². The Bertz CT molecular complexity index is 578. The number of amides is 1. The number of nitrogens with two attached hydrogens (primary N) is 1.